The number of H-pyrrole nitrogens is 1. The zero-order valence-electron chi connectivity index (χ0n) is 9.20. The Kier molecular flexibility index (Phi) is 2.06. The largest absolute Gasteiger partial charge is 0.480 e. The molecule has 1 heterocycles. The molecule has 0 aromatic carbocycles. The molecule has 2 fully saturated rings. The molecule has 1 aromatic heterocycles. The van der Waals surface area contributed by atoms with Gasteiger partial charge >= 0.3 is 5.97 Å². The van der Waals surface area contributed by atoms with Crippen LogP contribution in [0.5, 0.6) is 0 Å². The number of nitrogens with zero attached hydrogens (tertiary/aromatic N) is 1. The Labute approximate surface area is 94.1 Å². The molecule has 0 saturated heterocycles. The van der Waals surface area contributed by atoms with Crippen molar-refractivity contribution >= 4 is 5.97 Å². The molecule has 0 amide bonds. The zero-order valence-corrected chi connectivity index (χ0v) is 9.20. The Morgan fingerprint density at radius 1 is 1.44 bits per heavy atom. The normalized spacial score (nSPS) is 23.5. The van der Waals surface area contributed by atoms with Gasteiger partial charge in [0.1, 0.15) is 11.2 Å². The minimum Gasteiger partial charge on any atom is -0.480 e. The number of carboxylic acids is 1. The summed E-state index contributed by atoms with van der Waals surface area (Å²) >= 11 is 0. The van der Waals surface area contributed by atoms with Crippen LogP contribution >= 0.6 is 0 Å². The Morgan fingerprint density at radius 3 is 2.69 bits per heavy atom. The highest BCUT2D eigenvalue weighted by Crippen LogP contribution is 2.47. The van der Waals surface area contributed by atoms with Crippen LogP contribution in [0, 0.1) is 0 Å². The molecule has 0 spiro atoms. The lowest BCUT2D eigenvalue weighted by Crippen LogP contribution is -2.21. The number of rotatable bonds is 3. The lowest BCUT2D eigenvalue weighted by Gasteiger charge is -2.07. The Hall–Kier alpha value is -1.32. The number of imidazole rings is 1. The smallest absolute Gasteiger partial charge is 0.317 e. The van der Waals surface area contributed by atoms with E-state index in [1.807, 2.05) is 6.20 Å². The second-order valence-electron chi connectivity index (χ2n) is 5.06. The maximum atomic E-state index is 11.2. The molecular formula is C12H16N2O2. The van der Waals surface area contributed by atoms with Crippen molar-refractivity contribution in [3.63, 3.8) is 0 Å². The lowest BCUT2D eigenvalue weighted by molar-refractivity contribution is -0.140. The van der Waals surface area contributed by atoms with Crippen molar-refractivity contribution in [2.24, 2.45) is 0 Å². The molecule has 4 heteroatoms. The fourth-order valence-electron chi connectivity index (χ4n) is 2.70. The summed E-state index contributed by atoms with van der Waals surface area (Å²) in [5.41, 5.74) is 0.455. The Bertz CT molecular complexity index is 414. The van der Waals surface area contributed by atoms with Gasteiger partial charge in [0.05, 0.1) is 0 Å². The molecule has 0 aliphatic heterocycles. The van der Waals surface area contributed by atoms with Gasteiger partial charge in [-0.2, -0.15) is 0 Å². The van der Waals surface area contributed by atoms with Crippen LogP contribution in [0.2, 0.25) is 0 Å². The summed E-state index contributed by atoms with van der Waals surface area (Å²) in [6.45, 7) is 0. The third kappa shape index (κ3) is 1.36. The summed E-state index contributed by atoms with van der Waals surface area (Å²) in [7, 11) is 0. The second kappa shape index (κ2) is 3.34. The van der Waals surface area contributed by atoms with Gasteiger partial charge in [-0.1, -0.05) is 12.8 Å². The molecule has 1 aromatic rings. The number of hydrogen-bond acceptors (Lipinski definition) is 2. The number of hydrogen-bond donors (Lipinski definition) is 2. The van der Waals surface area contributed by atoms with Crippen molar-refractivity contribution in [2.75, 3.05) is 0 Å². The summed E-state index contributed by atoms with van der Waals surface area (Å²) in [6.07, 6.45) is 8.27. The predicted octanol–water partition coefficient (Wildman–Crippen LogP) is 2.18. The molecule has 0 unspecified atom stereocenters. The van der Waals surface area contributed by atoms with E-state index in [-0.39, 0.29) is 0 Å². The molecule has 0 radical (unpaired) electrons. The molecule has 16 heavy (non-hydrogen) atoms. The molecule has 3 rings (SSSR count). The highest BCUT2D eigenvalue weighted by Gasteiger charge is 2.54. The Balaban J connectivity index is 1.85. The van der Waals surface area contributed by atoms with Crippen LogP contribution in [0.3, 0.4) is 0 Å². The van der Waals surface area contributed by atoms with E-state index < -0.39 is 11.4 Å². The van der Waals surface area contributed by atoms with Crippen LogP contribution in [0.15, 0.2) is 6.20 Å². The second-order valence-corrected chi connectivity index (χ2v) is 5.06. The fourth-order valence-corrected chi connectivity index (χ4v) is 2.70. The van der Waals surface area contributed by atoms with Crippen molar-refractivity contribution in [1.29, 1.82) is 0 Å². The minimum atomic E-state index is -0.736. The predicted molar refractivity (Wildman–Crippen MR) is 58.3 cm³/mol. The van der Waals surface area contributed by atoms with Crippen LogP contribution in [-0.4, -0.2) is 21.0 Å². The number of aromatic nitrogens is 2. The van der Waals surface area contributed by atoms with Gasteiger partial charge in [0.15, 0.2) is 0 Å². The Morgan fingerprint density at radius 2 is 2.12 bits per heavy atom. The summed E-state index contributed by atoms with van der Waals surface area (Å²) < 4.78 is 0. The first-order valence-corrected chi connectivity index (χ1v) is 6.01. The molecule has 2 N–H and O–H groups in total. The van der Waals surface area contributed by atoms with E-state index in [9.17, 15) is 9.90 Å². The summed E-state index contributed by atoms with van der Waals surface area (Å²) in [6, 6.07) is 0. The zero-order chi connectivity index (χ0) is 11.2. The van der Waals surface area contributed by atoms with Gasteiger partial charge in [-0.25, -0.2) is 4.98 Å². The van der Waals surface area contributed by atoms with Crippen molar-refractivity contribution < 1.29 is 9.90 Å². The van der Waals surface area contributed by atoms with Gasteiger partial charge in [0, 0.05) is 17.8 Å². The highest BCUT2D eigenvalue weighted by molar-refractivity contribution is 5.83. The first-order chi connectivity index (χ1) is 7.72. The maximum Gasteiger partial charge on any atom is 0.317 e. The van der Waals surface area contributed by atoms with Crippen molar-refractivity contribution in [2.45, 2.75) is 49.9 Å². The summed E-state index contributed by atoms with van der Waals surface area (Å²) in [5, 5.41) is 9.17. The number of aromatic amines is 1. The van der Waals surface area contributed by atoms with Crippen molar-refractivity contribution in [1.82, 2.24) is 9.97 Å². The minimum absolute atomic E-state index is 0.575. The molecule has 0 atom stereocenters. The third-order valence-electron chi connectivity index (χ3n) is 4.00. The highest BCUT2D eigenvalue weighted by atomic mass is 16.4. The van der Waals surface area contributed by atoms with Crippen LogP contribution in [0.25, 0.3) is 0 Å². The standard InChI is InChI=1S/C12H16N2O2/c15-11(16)12(5-6-12)10-13-7-9(14-10)8-3-1-2-4-8/h7-8H,1-6H2,(H,13,14)(H,15,16). The average molecular weight is 220 g/mol. The molecule has 86 valence electrons. The van der Waals surface area contributed by atoms with Crippen LogP contribution in [0.1, 0.15) is 56.0 Å². The van der Waals surface area contributed by atoms with Crippen molar-refractivity contribution in [3.8, 4) is 0 Å². The first-order valence-electron chi connectivity index (χ1n) is 6.01. The van der Waals surface area contributed by atoms with Gasteiger partial charge < -0.3 is 10.1 Å². The van der Waals surface area contributed by atoms with E-state index >= 15 is 0 Å². The maximum absolute atomic E-state index is 11.2. The third-order valence-corrected chi connectivity index (χ3v) is 4.00. The van der Waals surface area contributed by atoms with Gasteiger partial charge in [-0.3, -0.25) is 4.79 Å². The number of aliphatic carboxylic acids is 1. The van der Waals surface area contributed by atoms with E-state index in [2.05, 4.69) is 9.97 Å². The summed E-state index contributed by atoms with van der Waals surface area (Å²) in [4.78, 5) is 18.7. The van der Waals surface area contributed by atoms with Gasteiger partial charge in [-0.05, 0) is 25.7 Å². The fraction of sp³-hybridized carbons (Fsp3) is 0.667. The molecule has 4 nitrogen and oxygen atoms in total. The summed E-state index contributed by atoms with van der Waals surface area (Å²) in [5.74, 6) is 0.507. The van der Waals surface area contributed by atoms with Gasteiger partial charge in [-0.15, -0.1) is 0 Å². The topological polar surface area (TPSA) is 66.0 Å². The average Bonchev–Trinajstić information content (AvgIpc) is 2.75. The van der Waals surface area contributed by atoms with E-state index in [1.54, 1.807) is 0 Å². The molecule has 0 bridgehead atoms. The molecule has 2 aliphatic carbocycles. The lowest BCUT2D eigenvalue weighted by atomic mass is 10.1. The van der Waals surface area contributed by atoms with Crippen LogP contribution < -0.4 is 0 Å². The van der Waals surface area contributed by atoms with Crippen LogP contribution in [0.4, 0.5) is 0 Å². The van der Waals surface area contributed by atoms with Gasteiger partial charge in [0.2, 0.25) is 0 Å². The quantitative estimate of drug-likeness (QED) is 0.820. The van der Waals surface area contributed by atoms with E-state index in [1.165, 1.54) is 25.7 Å². The number of carbonyl (C=O) groups is 1. The van der Waals surface area contributed by atoms with E-state index in [4.69, 9.17) is 0 Å². The van der Waals surface area contributed by atoms with E-state index in [0.29, 0.717) is 11.7 Å². The monoisotopic (exact) mass is 220 g/mol. The molecule has 2 aliphatic rings. The van der Waals surface area contributed by atoms with Crippen molar-refractivity contribution in [3.05, 3.63) is 17.7 Å². The van der Waals surface area contributed by atoms with E-state index in [0.717, 1.165) is 18.5 Å². The number of nitrogens with one attached hydrogen (secondary N) is 1. The molecule has 2 saturated carbocycles. The SMILES string of the molecule is O=C(O)C1(c2ncc(C3CCCC3)[nH]2)CC1. The number of carboxylic acid groups (broad SMARTS) is 1. The van der Waals surface area contributed by atoms with Gasteiger partial charge in [0.25, 0.3) is 0 Å². The van der Waals surface area contributed by atoms with Crippen LogP contribution in [-0.2, 0) is 10.2 Å². The molecular weight excluding hydrogens is 204 g/mol. The first kappa shape index (κ1) is 9.87.